The van der Waals surface area contributed by atoms with Crippen LogP contribution in [0.2, 0.25) is 0 Å². The fourth-order valence-electron chi connectivity index (χ4n) is 4.31. The van der Waals surface area contributed by atoms with Gasteiger partial charge >= 0.3 is 0 Å². The Morgan fingerprint density at radius 3 is 1.29 bits per heavy atom. The summed E-state index contributed by atoms with van der Waals surface area (Å²) in [6, 6.07) is 28.0. The lowest BCUT2D eigenvalue weighted by Crippen LogP contribution is -2.24. The second kappa shape index (κ2) is 7.40. The first-order valence-electron chi connectivity index (χ1n) is 9.54. The largest absolute Gasteiger partial charge is 0.299 e. The fourth-order valence-corrected chi connectivity index (χ4v) is 4.31. The van der Waals surface area contributed by atoms with E-state index in [0.29, 0.717) is 0 Å². The van der Waals surface area contributed by atoms with Crippen LogP contribution in [0.3, 0.4) is 0 Å². The number of hydrogen-bond donors (Lipinski definition) is 0. The van der Waals surface area contributed by atoms with Crippen molar-refractivity contribution in [2.45, 2.75) is 25.7 Å². The Hall–Kier alpha value is -3.26. The van der Waals surface area contributed by atoms with Crippen molar-refractivity contribution in [3.05, 3.63) is 96.1 Å². The predicted octanol–water partition coefficient (Wildman–Crippen LogP) is 6.04. The van der Waals surface area contributed by atoms with Gasteiger partial charge in [0.25, 0.3) is 0 Å². The second-order valence-electron chi connectivity index (χ2n) is 7.31. The molecule has 0 bridgehead atoms. The van der Waals surface area contributed by atoms with Crippen molar-refractivity contribution in [1.82, 2.24) is 0 Å². The van der Waals surface area contributed by atoms with E-state index < -0.39 is 11.8 Å². The molecule has 0 saturated carbocycles. The lowest BCUT2D eigenvalue weighted by Gasteiger charge is -2.26. The van der Waals surface area contributed by atoms with Crippen molar-refractivity contribution in [3.63, 3.8) is 0 Å². The minimum absolute atomic E-state index is 0.00415. The van der Waals surface area contributed by atoms with Crippen LogP contribution in [-0.2, 0) is 9.59 Å². The quantitative estimate of drug-likeness (QED) is 0.431. The molecule has 4 aromatic carbocycles. The summed E-state index contributed by atoms with van der Waals surface area (Å²) >= 11 is 0. The Balaban J connectivity index is 1.99. The van der Waals surface area contributed by atoms with Gasteiger partial charge in [0.05, 0.1) is 11.8 Å². The molecule has 0 unspecified atom stereocenters. The van der Waals surface area contributed by atoms with E-state index in [9.17, 15) is 9.59 Å². The molecule has 0 saturated heterocycles. The van der Waals surface area contributed by atoms with Crippen LogP contribution in [0.15, 0.2) is 84.9 Å². The van der Waals surface area contributed by atoms with Crippen LogP contribution in [0.4, 0.5) is 0 Å². The molecule has 2 atom stereocenters. The monoisotopic (exact) mass is 366 g/mol. The zero-order valence-electron chi connectivity index (χ0n) is 16.1. The average molecular weight is 366 g/mol. The number of hydrogen-bond acceptors (Lipinski definition) is 2. The molecule has 2 heteroatoms. The van der Waals surface area contributed by atoms with Crippen LogP contribution in [0.1, 0.15) is 36.8 Å². The van der Waals surface area contributed by atoms with E-state index in [1.807, 2.05) is 84.9 Å². The normalized spacial score (nSPS) is 13.4. The first-order valence-corrected chi connectivity index (χ1v) is 9.54. The van der Waals surface area contributed by atoms with E-state index in [1.165, 1.54) is 0 Å². The molecule has 0 aliphatic carbocycles. The summed E-state index contributed by atoms with van der Waals surface area (Å²) in [4.78, 5) is 25.8. The third-order valence-corrected chi connectivity index (χ3v) is 5.53. The van der Waals surface area contributed by atoms with Crippen molar-refractivity contribution >= 4 is 33.1 Å². The highest BCUT2D eigenvalue weighted by atomic mass is 16.1. The molecule has 4 aromatic rings. The van der Waals surface area contributed by atoms with Crippen LogP contribution < -0.4 is 0 Å². The van der Waals surface area contributed by atoms with E-state index in [-0.39, 0.29) is 11.6 Å². The lowest BCUT2D eigenvalue weighted by atomic mass is 9.74. The zero-order chi connectivity index (χ0) is 19.7. The highest BCUT2D eigenvalue weighted by Crippen LogP contribution is 2.40. The van der Waals surface area contributed by atoms with Crippen LogP contribution >= 0.6 is 0 Å². The van der Waals surface area contributed by atoms with Gasteiger partial charge < -0.3 is 0 Å². The van der Waals surface area contributed by atoms with Crippen LogP contribution in [-0.4, -0.2) is 11.6 Å². The summed E-state index contributed by atoms with van der Waals surface area (Å²) in [7, 11) is 0. The number of Topliss-reactive ketones (excluding diaryl/α,β-unsaturated/α-hetero) is 2. The highest BCUT2D eigenvalue weighted by Gasteiger charge is 2.34. The molecule has 0 aliphatic heterocycles. The first kappa shape index (κ1) is 18.1. The first-order chi connectivity index (χ1) is 13.6. The second-order valence-corrected chi connectivity index (χ2v) is 7.31. The number of rotatable bonds is 5. The summed E-state index contributed by atoms with van der Waals surface area (Å²) in [6.45, 7) is 3.18. The summed E-state index contributed by atoms with van der Waals surface area (Å²) in [5.41, 5.74) is 1.83. The zero-order valence-corrected chi connectivity index (χ0v) is 16.1. The van der Waals surface area contributed by atoms with Crippen molar-refractivity contribution < 1.29 is 9.59 Å². The van der Waals surface area contributed by atoms with Crippen LogP contribution in [0, 0.1) is 0 Å². The maximum atomic E-state index is 12.9. The van der Waals surface area contributed by atoms with Gasteiger partial charge in [-0.05, 0) is 46.5 Å². The van der Waals surface area contributed by atoms with Crippen LogP contribution in [0.25, 0.3) is 21.5 Å². The van der Waals surface area contributed by atoms with Crippen molar-refractivity contribution in [2.75, 3.05) is 0 Å². The molecule has 0 N–H and O–H groups in total. The van der Waals surface area contributed by atoms with Gasteiger partial charge in [0.1, 0.15) is 11.6 Å². The summed E-state index contributed by atoms with van der Waals surface area (Å²) in [6.07, 6.45) is 0. The van der Waals surface area contributed by atoms with Crippen molar-refractivity contribution in [2.24, 2.45) is 0 Å². The topological polar surface area (TPSA) is 34.1 Å². The molecule has 0 aliphatic rings. The van der Waals surface area contributed by atoms with Crippen LogP contribution in [0.5, 0.6) is 0 Å². The Morgan fingerprint density at radius 2 is 0.893 bits per heavy atom. The molecule has 0 fully saturated rings. The molecule has 0 amide bonds. The molecule has 0 radical (unpaired) electrons. The van der Waals surface area contributed by atoms with E-state index in [2.05, 4.69) is 0 Å². The van der Waals surface area contributed by atoms with Gasteiger partial charge in [0, 0.05) is 0 Å². The number of benzene rings is 4. The minimum atomic E-state index is -0.519. The Labute approximate surface area is 164 Å². The van der Waals surface area contributed by atoms with Crippen molar-refractivity contribution in [3.8, 4) is 0 Å². The maximum Gasteiger partial charge on any atom is 0.138 e. The Kier molecular flexibility index (Phi) is 4.79. The lowest BCUT2D eigenvalue weighted by molar-refractivity contribution is -0.124. The molecule has 2 nitrogen and oxygen atoms in total. The third kappa shape index (κ3) is 3.11. The molecule has 0 spiro atoms. The van der Waals surface area contributed by atoms with Gasteiger partial charge in [-0.2, -0.15) is 0 Å². The molecule has 0 heterocycles. The number of fused-ring (bicyclic) bond motifs is 2. The SMILES string of the molecule is CC(=O)[C@H](c1cccc2ccccc12)[C@H](C(C)=O)c1cccc2ccccc12. The van der Waals surface area contributed by atoms with E-state index in [1.54, 1.807) is 13.8 Å². The van der Waals surface area contributed by atoms with Gasteiger partial charge in [-0.25, -0.2) is 0 Å². The van der Waals surface area contributed by atoms with Gasteiger partial charge in [-0.15, -0.1) is 0 Å². The minimum Gasteiger partial charge on any atom is -0.299 e. The fraction of sp³-hybridized carbons (Fsp3) is 0.154. The highest BCUT2D eigenvalue weighted by molar-refractivity contribution is 6.01. The number of carbonyl (C=O) groups excluding carboxylic acids is 2. The Bertz CT molecular complexity index is 1080. The van der Waals surface area contributed by atoms with Gasteiger partial charge in [-0.1, -0.05) is 84.9 Å². The van der Waals surface area contributed by atoms with Gasteiger partial charge in [-0.3, -0.25) is 9.59 Å². The van der Waals surface area contributed by atoms with E-state index in [4.69, 9.17) is 0 Å². The van der Waals surface area contributed by atoms with Gasteiger partial charge in [0.2, 0.25) is 0 Å². The maximum absolute atomic E-state index is 12.9. The smallest absolute Gasteiger partial charge is 0.138 e. The van der Waals surface area contributed by atoms with E-state index >= 15 is 0 Å². The average Bonchev–Trinajstić information content (AvgIpc) is 2.71. The molecule has 0 aromatic heterocycles. The predicted molar refractivity (Wildman–Crippen MR) is 115 cm³/mol. The molecular formula is C26H22O2. The molecule has 28 heavy (non-hydrogen) atoms. The van der Waals surface area contributed by atoms with E-state index in [0.717, 1.165) is 32.7 Å². The third-order valence-electron chi connectivity index (χ3n) is 5.53. The van der Waals surface area contributed by atoms with Gasteiger partial charge in [0.15, 0.2) is 0 Å². The summed E-state index contributed by atoms with van der Waals surface area (Å²) in [5, 5.41) is 4.20. The van der Waals surface area contributed by atoms with Crippen molar-refractivity contribution in [1.29, 1.82) is 0 Å². The summed E-state index contributed by atoms with van der Waals surface area (Å²) < 4.78 is 0. The number of carbonyl (C=O) groups is 2. The molecule has 138 valence electrons. The molecule has 4 rings (SSSR count). The number of ketones is 2. The molecular weight excluding hydrogens is 344 g/mol. The standard InChI is InChI=1S/C26H22O2/c1-17(27)25(23-15-7-11-19-9-3-5-13-21(19)23)26(18(2)28)24-16-8-12-20-10-4-6-14-22(20)24/h3-16,25-26H,1-2H3/t25-,26-/m1/s1. The Morgan fingerprint density at radius 1 is 0.536 bits per heavy atom. The summed E-state index contributed by atoms with van der Waals surface area (Å²) in [5.74, 6) is -1.03.